The van der Waals surface area contributed by atoms with Crippen molar-refractivity contribution in [2.75, 3.05) is 18.5 Å². The number of nitrogens with one attached hydrogen (secondary N) is 2. The molecule has 0 saturated carbocycles. The average molecular weight is 381 g/mol. The van der Waals surface area contributed by atoms with Crippen LogP contribution in [0.5, 0.6) is 5.75 Å². The Hall–Kier alpha value is -3.35. The highest BCUT2D eigenvalue weighted by atomic mass is 16.5. The Kier molecular flexibility index (Phi) is 6.26. The number of aryl methyl sites for hydroxylation is 1. The largest absolute Gasteiger partial charge is 0.492 e. The van der Waals surface area contributed by atoms with Gasteiger partial charge in [-0.2, -0.15) is 0 Å². The van der Waals surface area contributed by atoms with E-state index in [0.29, 0.717) is 30.9 Å². The molecular weight excluding hydrogens is 358 g/mol. The number of benzene rings is 2. The molecular formula is C21H23N3O4. The summed E-state index contributed by atoms with van der Waals surface area (Å²) in [5.41, 5.74) is 1.59. The highest BCUT2D eigenvalue weighted by Crippen LogP contribution is 2.23. The molecule has 0 aliphatic carbocycles. The van der Waals surface area contributed by atoms with Crippen molar-refractivity contribution in [1.29, 1.82) is 0 Å². The third-order valence-electron chi connectivity index (χ3n) is 4.43. The molecule has 0 bridgehead atoms. The molecule has 0 aromatic heterocycles. The SMILES string of the molecule is CCOc1ccccc1NC(=O)CN1C(=O)N[C@@H](CCc2ccccc2)C1=O. The van der Waals surface area contributed by atoms with E-state index in [4.69, 9.17) is 4.74 Å². The van der Waals surface area contributed by atoms with E-state index in [1.54, 1.807) is 24.3 Å². The number of hydrogen-bond acceptors (Lipinski definition) is 4. The first-order valence-corrected chi connectivity index (χ1v) is 9.26. The smallest absolute Gasteiger partial charge is 0.325 e. The normalized spacial score (nSPS) is 16.0. The van der Waals surface area contributed by atoms with Gasteiger partial charge in [0, 0.05) is 0 Å². The van der Waals surface area contributed by atoms with Gasteiger partial charge in [-0.05, 0) is 37.5 Å². The van der Waals surface area contributed by atoms with Gasteiger partial charge < -0.3 is 15.4 Å². The number of para-hydroxylation sites is 2. The van der Waals surface area contributed by atoms with Gasteiger partial charge in [-0.15, -0.1) is 0 Å². The Morgan fingerprint density at radius 2 is 1.82 bits per heavy atom. The third-order valence-corrected chi connectivity index (χ3v) is 4.43. The number of nitrogens with zero attached hydrogens (tertiary/aromatic N) is 1. The van der Waals surface area contributed by atoms with Crippen molar-refractivity contribution in [3.8, 4) is 5.75 Å². The third kappa shape index (κ3) is 4.68. The quantitative estimate of drug-likeness (QED) is 0.688. The maximum atomic E-state index is 12.5. The zero-order valence-corrected chi connectivity index (χ0v) is 15.7. The Balaban J connectivity index is 1.57. The lowest BCUT2D eigenvalue weighted by Gasteiger charge is -2.15. The standard InChI is InChI=1S/C21H23N3O4/c1-2-28-18-11-7-6-10-16(18)22-19(25)14-24-20(26)17(23-21(24)27)13-12-15-8-4-3-5-9-15/h3-11,17H,2,12-14H2,1H3,(H,22,25)(H,23,27)/t17-/m0/s1. The summed E-state index contributed by atoms with van der Waals surface area (Å²) in [4.78, 5) is 38.0. The Morgan fingerprint density at radius 3 is 2.57 bits per heavy atom. The minimum Gasteiger partial charge on any atom is -0.492 e. The summed E-state index contributed by atoms with van der Waals surface area (Å²) in [6, 6.07) is 15.6. The van der Waals surface area contributed by atoms with Gasteiger partial charge in [-0.25, -0.2) is 4.79 Å². The van der Waals surface area contributed by atoms with Crippen LogP contribution in [-0.4, -0.2) is 41.9 Å². The number of amides is 4. The molecule has 4 amide bonds. The number of carbonyl (C=O) groups is 3. The lowest BCUT2D eigenvalue weighted by atomic mass is 10.1. The Labute approximate surface area is 163 Å². The summed E-state index contributed by atoms with van der Waals surface area (Å²) >= 11 is 0. The molecule has 28 heavy (non-hydrogen) atoms. The topological polar surface area (TPSA) is 87.7 Å². The summed E-state index contributed by atoms with van der Waals surface area (Å²) in [5, 5.41) is 5.36. The molecule has 2 N–H and O–H groups in total. The van der Waals surface area contributed by atoms with Gasteiger partial charge in [0.1, 0.15) is 18.3 Å². The van der Waals surface area contributed by atoms with Crippen molar-refractivity contribution in [2.24, 2.45) is 0 Å². The molecule has 1 heterocycles. The molecule has 2 aromatic rings. The number of ether oxygens (including phenoxy) is 1. The molecule has 7 nitrogen and oxygen atoms in total. The highest BCUT2D eigenvalue weighted by Gasteiger charge is 2.38. The zero-order chi connectivity index (χ0) is 19.9. The van der Waals surface area contributed by atoms with Crippen molar-refractivity contribution >= 4 is 23.5 Å². The van der Waals surface area contributed by atoms with E-state index in [1.165, 1.54) is 0 Å². The van der Waals surface area contributed by atoms with Crippen molar-refractivity contribution in [1.82, 2.24) is 10.2 Å². The van der Waals surface area contributed by atoms with Crippen LogP contribution in [0.4, 0.5) is 10.5 Å². The van der Waals surface area contributed by atoms with Gasteiger partial charge in [0.15, 0.2) is 0 Å². The molecule has 1 aliphatic heterocycles. The zero-order valence-electron chi connectivity index (χ0n) is 15.7. The maximum Gasteiger partial charge on any atom is 0.325 e. The second-order valence-corrected chi connectivity index (χ2v) is 6.43. The molecule has 1 fully saturated rings. The number of carbonyl (C=O) groups excluding carboxylic acids is 3. The minimum atomic E-state index is -0.615. The fourth-order valence-electron chi connectivity index (χ4n) is 3.06. The first-order chi connectivity index (χ1) is 13.6. The van der Waals surface area contributed by atoms with Crippen LogP contribution in [0.2, 0.25) is 0 Å². The number of urea groups is 1. The van der Waals surface area contributed by atoms with Gasteiger partial charge >= 0.3 is 6.03 Å². The molecule has 1 atom stereocenters. The fourth-order valence-corrected chi connectivity index (χ4v) is 3.06. The molecule has 3 rings (SSSR count). The second-order valence-electron chi connectivity index (χ2n) is 6.43. The molecule has 7 heteroatoms. The lowest BCUT2D eigenvalue weighted by molar-refractivity contribution is -0.130. The summed E-state index contributed by atoms with van der Waals surface area (Å²) < 4.78 is 5.47. The summed E-state index contributed by atoms with van der Waals surface area (Å²) in [6.07, 6.45) is 1.15. The molecule has 1 aliphatic rings. The van der Waals surface area contributed by atoms with E-state index in [-0.39, 0.29) is 12.5 Å². The predicted molar refractivity (Wildman–Crippen MR) is 105 cm³/mol. The van der Waals surface area contributed by atoms with Crippen LogP contribution in [0, 0.1) is 0 Å². The first-order valence-electron chi connectivity index (χ1n) is 9.26. The predicted octanol–water partition coefficient (Wildman–Crippen LogP) is 2.58. The average Bonchev–Trinajstić information content (AvgIpc) is 2.96. The molecule has 0 unspecified atom stereocenters. The van der Waals surface area contributed by atoms with Crippen molar-refractivity contribution in [3.63, 3.8) is 0 Å². The van der Waals surface area contributed by atoms with Gasteiger partial charge in [0.2, 0.25) is 5.91 Å². The van der Waals surface area contributed by atoms with Crippen LogP contribution in [0.15, 0.2) is 54.6 Å². The van der Waals surface area contributed by atoms with Gasteiger partial charge in [0.25, 0.3) is 5.91 Å². The highest BCUT2D eigenvalue weighted by molar-refractivity contribution is 6.08. The van der Waals surface area contributed by atoms with Gasteiger partial charge in [0.05, 0.1) is 12.3 Å². The van der Waals surface area contributed by atoms with Crippen LogP contribution in [0.1, 0.15) is 18.9 Å². The van der Waals surface area contributed by atoms with Crippen molar-refractivity contribution in [3.05, 3.63) is 60.2 Å². The van der Waals surface area contributed by atoms with E-state index in [0.717, 1.165) is 10.5 Å². The first kappa shape index (κ1) is 19.4. The summed E-state index contributed by atoms with van der Waals surface area (Å²) in [7, 11) is 0. The van der Waals surface area contributed by atoms with Crippen LogP contribution in [0.3, 0.4) is 0 Å². The number of anilines is 1. The summed E-state index contributed by atoms with van der Waals surface area (Å²) in [6.45, 7) is 1.97. The van der Waals surface area contributed by atoms with Crippen LogP contribution >= 0.6 is 0 Å². The van der Waals surface area contributed by atoms with Crippen LogP contribution < -0.4 is 15.4 Å². The molecule has 2 aromatic carbocycles. The maximum absolute atomic E-state index is 12.5. The fraction of sp³-hybridized carbons (Fsp3) is 0.286. The molecule has 1 saturated heterocycles. The van der Waals surface area contributed by atoms with Crippen LogP contribution in [-0.2, 0) is 16.0 Å². The van der Waals surface area contributed by atoms with Gasteiger partial charge in [-0.1, -0.05) is 42.5 Å². The molecule has 146 valence electrons. The minimum absolute atomic E-state index is 0.340. The van der Waals surface area contributed by atoms with Gasteiger partial charge in [-0.3, -0.25) is 14.5 Å². The van der Waals surface area contributed by atoms with E-state index in [2.05, 4.69) is 10.6 Å². The lowest BCUT2D eigenvalue weighted by Crippen LogP contribution is -2.38. The summed E-state index contributed by atoms with van der Waals surface area (Å²) in [5.74, 6) is -0.301. The Morgan fingerprint density at radius 1 is 1.11 bits per heavy atom. The number of rotatable bonds is 8. The second kappa shape index (κ2) is 9.03. The van der Waals surface area contributed by atoms with E-state index >= 15 is 0 Å². The van der Waals surface area contributed by atoms with E-state index < -0.39 is 18.0 Å². The molecule has 0 radical (unpaired) electrons. The number of hydrogen-bond donors (Lipinski definition) is 2. The Bertz CT molecular complexity index is 854. The van der Waals surface area contributed by atoms with E-state index in [9.17, 15) is 14.4 Å². The number of imide groups is 1. The monoisotopic (exact) mass is 381 g/mol. The van der Waals surface area contributed by atoms with Crippen molar-refractivity contribution in [2.45, 2.75) is 25.8 Å². The molecule has 0 spiro atoms. The van der Waals surface area contributed by atoms with Crippen molar-refractivity contribution < 1.29 is 19.1 Å². The van der Waals surface area contributed by atoms with Crippen LogP contribution in [0.25, 0.3) is 0 Å². The van der Waals surface area contributed by atoms with E-state index in [1.807, 2.05) is 37.3 Å².